The predicted octanol–water partition coefficient (Wildman–Crippen LogP) is 3.19. The summed E-state index contributed by atoms with van der Waals surface area (Å²) in [7, 11) is 1.79. The van der Waals surface area contributed by atoms with E-state index < -0.39 is 0 Å². The average Bonchev–Trinajstić information content (AvgIpc) is 3.41. The highest BCUT2D eigenvalue weighted by Crippen LogP contribution is 2.27. The lowest BCUT2D eigenvalue weighted by Gasteiger charge is -2.31. The topological polar surface area (TPSA) is 92.4 Å². The van der Waals surface area contributed by atoms with Crippen molar-refractivity contribution in [3.05, 3.63) is 58.1 Å². The van der Waals surface area contributed by atoms with Crippen LogP contribution in [-0.4, -0.2) is 59.3 Å². The van der Waals surface area contributed by atoms with Crippen LogP contribution in [0.4, 0.5) is 9.52 Å². The van der Waals surface area contributed by atoms with Crippen molar-refractivity contribution in [2.75, 3.05) is 38.7 Å². The molecule has 1 fully saturated rings. The number of hydrogen-bond acceptors (Lipinski definition) is 7. The van der Waals surface area contributed by atoms with Crippen molar-refractivity contribution in [1.29, 1.82) is 0 Å². The van der Waals surface area contributed by atoms with Crippen LogP contribution < -0.4 is 10.1 Å². The molecule has 0 radical (unpaired) electrons. The number of H-pyrrole nitrogens is 1. The van der Waals surface area contributed by atoms with Gasteiger partial charge < -0.3 is 19.7 Å². The standard InChI is InChI=1S/C21H24FN5O3S/c1-13-19(31-21(23-2)24-13)20(28)27-8-10-30-18(12-27)17-11-15(25-26-17)7-9-29-16-5-3-14(22)4-6-16/h3-6,11,18H,7-10,12H2,1-2H3,(H,23,24)(H,25,26). The first-order valence-corrected chi connectivity index (χ1v) is 10.8. The zero-order valence-electron chi connectivity index (χ0n) is 17.4. The highest BCUT2D eigenvalue weighted by Gasteiger charge is 2.29. The van der Waals surface area contributed by atoms with Crippen molar-refractivity contribution in [2.45, 2.75) is 19.4 Å². The summed E-state index contributed by atoms with van der Waals surface area (Å²) in [5, 5.41) is 11.1. The maximum absolute atomic E-state index is 13.0. The van der Waals surface area contributed by atoms with E-state index in [1.165, 1.54) is 23.5 Å². The number of morpholine rings is 1. The number of carbonyl (C=O) groups is 1. The monoisotopic (exact) mass is 445 g/mol. The molecule has 4 rings (SSSR count). The van der Waals surface area contributed by atoms with E-state index in [1.807, 2.05) is 13.0 Å². The lowest BCUT2D eigenvalue weighted by atomic mass is 10.1. The van der Waals surface area contributed by atoms with Crippen LogP contribution in [0, 0.1) is 12.7 Å². The molecule has 0 spiro atoms. The van der Waals surface area contributed by atoms with Gasteiger partial charge in [0.25, 0.3) is 5.91 Å². The van der Waals surface area contributed by atoms with Gasteiger partial charge in [-0.25, -0.2) is 9.37 Å². The molecular formula is C21H24FN5O3S. The maximum Gasteiger partial charge on any atom is 0.266 e. The van der Waals surface area contributed by atoms with Crippen LogP contribution in [0.25, 0.3) is 0 Å². The van der Waals surface area contributed by atoms with Gasteiger partial charge in [-0.1, -0.05) is 11.3 Å². The molecule has 1 aromatic carbocycles. The summed E-state index contributed by atoms with van der Waals surface area (Å²) in [5.41, 5.74) is 2.39. The molecule has 0 bridgehead atoms. The molecule has 164 valence electrons. The van der Waals surface area contributed by atoms with Crippen molar-refractivity contribution in [2.24, 2.45) is 0 Å². The Labute approximate surface area is 183 Å². The zero-order chi connectivity index (χ0) is 21.8. The Morgan fingerprint density at radius 2 is 2.23 bits per heavy atom. The van der Waals surface area contributed by atoms with Crippen LogP contribution in [0.5, 0.6) is 5.75 Å². The largest absolute Gasteiger partial charge is 0.493 e. The first-order valence-electron chi connectivity index (χ1n) is 10.0. The van der Waals surface area contributed by atoms with Gasteiger partial charge in [0.15, 0.2) is 5.13 Å². The number of aryl methyl sites for hydroxylation is 1. The molecule has 1 aliphatic heterocycles. The Morgan fingerprint density at radius 3 is 2.97 bits per heavy atom. The Hall–Kier alpha value is -2.98. The normalized spacial score (nSPS) is 16.4. The summed E-state index contributed by atoms with van der Waals surface area (Å²) in [6.45, 7) is 3.69. The number of thiazole rings is 1. The second-order valence-electron chi connectivity index (χ2n) is 7.16. The van der Waals surface area contributed by atoms with E-state index in [0.717, 1.165) is 22.2 Å². The van der Waals surface area contributed by atoms with E-state index in [1.54, 1.807) is 24.1 Å². The number of aromatic amines is 1. The summed E-state index contributed by atoms with van der Waals surface area (Å²) in [6, 6.07) is 7.86. The number of ether oxygens (including phenoxy) is 2. The molecule has 1 aliphatic rings. The number of carbonyl (C=O) groups excluding carboxylic acids is 1. The van der Waals surface area contributed by atoms with E-state index in [0.29, 0.717) is 43.4 Å². The smallest absolute Gasteiger partial charge is 0.266 e. The SMILES string of the molecule is CNc1nc(C)c(C(=O)N2CCOC(c3cc(CCOc4ccc(F)cc4)[nH]n3)C2)s1. The fourth-order valence-corrected chi connectivity index (χ4v) is 4.23. The molecule has 1 amide bonds. The third kappa shape index (κ3) is 5.02. The molecule has 2 N–H and O–H groups in total. The summed E-state index contributed by atoms with van der Waals surface area (Å²) in [5.74, 6) is 0.289. The van der Waals surface area contributed by atoms with Gasteiger partial charge in [0.2, 0.25) is 0 Å². The van der Waals surface area contributed by atoms with Crippen LogP contribution in [0.3, 0.4) is 0 Å². The van der Waals surface area contributed by atoms with Gasteiger partial charge in [0.05, 0.1) is 31.1 Å². The highest BCUT2D eigenvalue weighted by atomic mass is 32.1. The first-order chi connectivity index (χ1) is 15.0. The van der Waals surface area contributed by atoms with Crippen molar-refractivity contribution in [3.63, 3.8) is 0 Å². The van der Waals surface area contributed by atoms with Gasteiger partial charge in [-0.3, -0.25) is 9.89 Å². The molecule has 0 aliphatic carbocycles. The minimum Gasteiger partial charge on any atom is -0.493 e. The van der Waals surface area contributed by atoms with Gasteiger partial charge in [0.1, 0.15) is 22.5 Å². The summed E-state index contributed by atoms with van der Waals surface area (Å²) in [4.78, 5) is 19.8. The van der Waals surface area contributed by atoms with Crippen molar-refractivity contribution < 1.29 is 18.7 Å². The minimum atomic E-state index is -0.294. The molecule has 1 atom stereocenters. The van der Waals surface area contributed by atoms with Gasteiger partial charge in [0, 0.05) is 25.7 Å². The third-order valence-electron chi connectivity index (χ3n) is 4.99. The predicted molar refractivity (Wildman–Crippen MR) is 115 cm³/mol. The van der Waals surface area contributed by atoms with Crippen molar-refractivity contribution in [3.8, 4) is 5.75 Å². The van der Waals surface area contributed by atoms with Gasteiger partial charge in [-0.2, -0.15) is 5.10 Å². The second kappa shape index (κ2) is 9.44. The summed E-state index contributed by atoms with van der Waals surface area (Å²) < 4.78 is 24.5. The first kappa shape index (κ1) is 21.3. The number of rotatable bonds is 7. The number of aromatic nitrogens is 3. The van der Waals surface area contributed by atoms with Gasteiger partial charge >= 0.3 is 0 Å². The number of nitrogens with one attached hydrogen (secondary N) is 2. The van der Waals surface area contributed by atoms with Gasteiger partial charge in [-0.15, -0.1) is 0 Å². The van der Waals surface area contributed by atoms with Crippen LogP contribution >= 0.6 is 11.3 Å². The molecule has 3 heterocycles. The number of benzene rings is 1. The lowest BCUT2D eigenvalue weighted by Crippen LogP contribution is -2.42. The number of anilines is 1. The van der Waals surface area contributed by atoms with E-state index in [2.05, 4.69) is 20.5 Å². The van der Waals surface area contributed by atoms with E-state index >= 15 is 0 Å². The molecule has 2 aromatic heterocycles. The fraction of sp³-hybridized carbons (Fsp3) is 0.381. The Morgan fingerprint density at radius 1 is 1.42 bits per heavy atom. The molecular weight excluding hydrogens is 421 g/mol. The fourth-order valence-electron chi connectivity index (χ4n) is 3.34. The molecule has 31 heavy (non-hydrogen) atoms. The summed E-state index contributed by atoms with van der Waals surface area (Å²) in [6.07, 6.45) is 0.324. The number of nitrogens with zero attached hydrogens (tertiary/aromatic N) is 3. The maximum atomic E-state index is 13.0. The van der Waals surface area contributed by atoms with Crippen LogP contribution in [0.1, 0.15) is 32.9 Å². The third-order valence-corrected chi connectivity index (χ3v) is 6.16. The van der Waals surface area contributed by atoms with E-state index in [9.17, 15) is 9.18 Å². The molecule has 1 saturated heterocycles. The zero-order valence-corrected chi connectivity index (χ0v) is 18.2. The number of amides is 1. The Balaban J connectivity index is 1.34. The molecule has 1 unspecified atom stereocenters. The minimum absolute atomic E-state index is 0.0340. The second-order valence-corrected chi connectivity index (χ2v) is 8.16. The van der Waals surface area contributed by atoms with Crippen LogP contribution in [0.2, 0.25) is 0 Å². The summed E-state index contributed by atoms with van der Waals surface area (Å²) >= 11 is 1.36. The Kier molecular flexibility index (Phi) is 6.47. The van der Waals surface area contributed by atoms with Crippen LogP contribution in [-0.2, 0) is 11.2 Å². The lowest BCUT2D eigenvalue weighted by molar-refractivity contribution is -0.0246. The number of hydrogen-bond donors (Lipinski definition) is 2. The van der Waals surface area contributed by atoms with E-state index in [-0.39, 0.29) is 17.8 Å². The van der Waals surface area contributed by atoms with Crippen molar-refractivity contribution >= 4 is 22.4 Å². The highest BCUT2D eigenvalue weighted by molar-refractivity contribution is 7.17. The average molecular weight is 446 g/mol. The molecule has 10 heteroatoms. The van der Waals surface area contributed by atoms with Gasteiger partial charge in [-0.05, 0) is 37.3 Å². The number of halogens is 1. The van der Waals surface area contributed by atoms with Crippen molar-refractivity contribution in [1.82, 2.24) is 20.1 Å². The Bertz CT molecular complexity index is 1040. The van der Waals surface area contributed by atoms with Crippen LogP contribution in [0.15, 0.2) is 30.3 Å². The quantitative estimate of drug-likeness (QED) is 0.580. The van der Waals surface area contributed by atoms with E-state index in [4.69, 9.17) is 9.47 Å². The molecule has 0 saturated carbocycles. The molecule has 8 nitrogen and oxygen atoms in total. The molecule has 3 aromatic rings.